The predicted octanol–water partition coefficient (Wildman–Crippen LogP) is 1.72. The largest absolute Gasteiger partial charge is 0.354 e. The van der Waals surface area contributed by atoms with Crippen molar-refractivity contribution in [1.82, 2.24) is 14.9 Å². The van der Waals surface area contributed by atoms with E-state index in [0.717, 1.165) is 24.0 Å². The van der Waals surface area contributed by atoms with Crippen molar-refractivity contribution in [2.24, 2.45) is 0 Å². The van der Waals surface area contributed by atoms with Gasteiger partial charge in [0.2, 0.25) is 15.9 Å². The van der Waals surface area contributed by atoms with E-state index in [1.54, 1.807) is 12.1 Å². The van der Waals surface area contributed by atoms with Crippen LogP contribution in [0.4, 0.5) is 0 Å². The van der Waals surface area contributed by atoms with Crippen LogP contribution in [0.5, 0.6) is 0 Å². The van der Waals surface area contributed by atoms with Crippen molar-refractivity contribution in [2.45, 2.75) is 37.1 Å². The Morgan fingerprint density at radius 2 is 2.04 bits per heavy atom. The number of likely N-dealkylation sites (N-methyl/N-ethyl adjacent to an activating group) is 1. The van der Waals surface area contributed by atoms with Crippen molar-refractivity contribution < 1.29 is 13.2 Å². The topological polar surface area (TPSA) is 78.5 Å². The standard InChI is InChI=1S/C16H24BrN3O3S/c1-2-20-11-3-4-14(20)12-18-16(21)9-10-19-24(22,23)15-7-5-13(17)6-8-15/h5-8,14,19H,2-4,9-12H2,1H3,(H,18,21). The molecular weight excluding hydrogens is 394 g/mol. The van der Waals surface area contributed by atoms with Gasteiger partial charge in [-0.25, -0.2) is 13.1 Å². The van der Waals surface area contributed by atoms with E-state index < -0.39 is 10.0 Å². The van der Waals surface area contributed by atoms with Gasteiger partial charge in [-0.15, -0.1) is 0 Å². The number of halogens is 1. The molecule has 1 aromatic carbocycles. The maximum Gasteiger partial charge on any atom is 0.240 e. The van der Waals surface area contributed by atoms with Crippen LogP contribution in [0.1, 0.15) is 26.2 Å². The lowest BCUT2D eigenvalue weighted by Crippen LogP contribution is -2.40. The Morgan fingerprint density at radius 1 is 1.33 bits per heavy atom. The van der Waals surface area contributed by atoms with Crippen LogP contribution in [0.3, 0.4) is 0 Å². The van der Waals surface area contributed by atoms with Gasteiger partial charge >= 0.3 is 0 Å². The van der Waals surface area contributed by atoms with Crippen molar-refractivity contribution in [1.29, 1.82) is 0 Å². The Bertz CT molecular complexity index is 649. The number of hydrogen-bond donors (Lipinski definition) is 2. The van der Waals surface area contributed by atoms with Gasteiger partial charge < -0.3 is 5.32 Å². The average Bonchev–Trinajstić information content (AvgIpc) is 3.00. The van der Waals surface area contributed by atoms with Crippen LogP contribution >= 0.6 is 15.9 Å². The van der Waals surface area contributed by atoms with Crippen LogP contribution in [-0.2, 0) is 14.8 Å². The molecule has 1 heterocycles. The summed E-state index contributed by atoms with van der Waals surface area (Å²) >= 11 is 3.27. The number of benzene rings is 1. The van der Waals surface area contributed by atoms with Gasteiger partial charge in [-0.3, -0.25) is 9.69 Å². The first-order valence-electron chi connectivity index (χ1n) is 8.18. The highest BCUT2D eigenvalue weighted by Gasteiger charge is 2.23. The molecule has 1 aliphatic rings. The maximum atomic E-state index is 12.1. The van der Waals surface area contributed by atoms with Gasteiger partial charge in [0.15, 0.2) is 0 Å². The molecule has 1 amide bonds. The van der Waals surface area contributed by atoms with Crippen LogP contribution in [0, 0.1) is 0 Å². The van der Waals surface area contributed by atoms with Gasteiger partial charge in [-0.05, 0) is 50.2 Å². The third-order valence-electron chi connectivity index (χ3n) is 4.21. The summed E-state index contributed by atoms with van der Waals surface area (Å²) in [6.07, 6.45) is 2.40. The fraction of sp³-hybridized carbons (Fsp3) is 0.562. The number of likely N-dealkylation sites (tertiary alicyclic amines) is 1. The smallest absolute Gasteiger partial charge is 0.240 e. The monoisotopic (exact) mass is 417 g/mol. The number of rotatable bonds is 8. The summed E-state index contributed by atoms with van der Waals surface area (Å²) in [4.78, 5) is 14.4. The molecule has 1 unspecified atom stereocenters. The van der Waals surface area contributed by atoms with Crippen molar-refractivity contribution >= 4 is 31.9 Å². The highest BCUT2D eigenvalue weighted by atomic mass is 79.9. The first kappa shape index (κ1) is 19.4. The third kappa shape index (κ3) is 5.54. The van der Waals surface area contributed by atoms with E-state index >= 15 is 0 Å². The Kier molecular flexibility index (Phi) is 7.21. The molecule has 0 aromatic heterocycles. The van der Waals surface area contributed by atoms with Crippen LogP contribution in [-0.4, -0.2) is 51.4 Å². The van der Waals surface area contributed by atoms with Crippen molar-refractivity contribution in [3.8, 4) is 0 Å². The van der Waals surface area contributed by atoms with Gasteiger partial charge in [0.05, 0.1) is 4.90 Å². The Labute approximate surface area is 152 Å². The summed E-state index contributed by atoms with van der Waals surface area (Å²) < 4.78 is 27.5. The predicted molar refractivity (Wildman–Crippen MR) is 97.2 cm³/mol. The molecule has 2 N–H and O–H groups in total. The van der Waals surface area contributed by atoms with Gasteiger partial charge in [-0.2, -0.15) is 0 Å². The second-order valence-electron chi connectivity index (χ2n) is 5.83. The van der Waals surface area contributed by atoms with E-state index in [9.17, 15) is 13.2 Å². The number of carbonyl (C=O) groups excluding carboxylic acids is 1. The lowest BCUT2D eigenvalue weighted by atomic mass is 10.2. The Hall–Kier alpha value is -0.960. The molecule has 0 aliphatic carbocycles. The lowest BCUT2D eigenvalue weighted by Gasteiger charge is -2.22. The minimum atomic E-state index is -3.58. The molecule has 1 fully saturated rings. The first-order chi connectivity index (χ1) is 11.4. The number of amides is 1. The molecule has 1 aliphatic heterocycles. The highest BCUT2D eigenvalue weighted by Crippen LogP contribution is 2.16. The highest BCUT2D eigenvalue weighted by molar-refractivity contribution is 9.10. The van der Waals surface area contributed by atoms with E-state index in [1.165, 1.54) is 18.6 Å². The summed E-state index contributed by atoms with van der Waals surface area (Å²) in [6.45, 7) is 4.92. The second kappa shape index (κ2) is 8.94. The molecule has 0 spiro atoms. The SMILES string of the molecule is CCN1CCCC1CNC(=O)CCNS(=O)(=O)c1ccc(Br)cc1. The van der Waals surface area contributed by atoms with Gasteiger partial charge in [0.25, 0.3) is 0 Å². The Balaban J connectivity index is 1.73. The van der Waals surface area contributed by atoms with Crippen LogP contribution in [0.2, 0.25) is 0 Å². The molecule has 0 saturated carbocycles. The number of nitrogens with zero attached hydrogens (tertiary/aromatic N) is 1. The zero-order valence-electron chi connectivity index (χ0n) is 13.8. The minimum Gasteiger partial charge on any atom is -0.354 e. The number of sulfonamides is 1. The third-order valence-corrected chi connectivity index (χ3v) is 6.21. The minimum absolute atomic E-state index is 0.0897. The first-order valence-corrected chi connectivity index (χ1v) is 10.5. The molecule has 1 atom stereocenters. The Morgan fingerprint density at radius 3 is 2.71 bits per heavy atom. The van der Waals surface area contributed by atoms with E-state index in [1.807, 2.05) is 0 Å². The van der Waals surface area contributed by atoms with Gasteiger partial charge in [0.1, 0.15) is 0 Å². The average molecular weight is 418 g/mol. The molecule has 134 valence electrons. The molecule has 0 radical (unpaired) electrons. The van der Waals surface area contributed by atoms with Crippen molar-refractivity contribution in [3.05, 3.63) is 28.7 Å². The zero-order valence-corrected chi connectivity index (χ0v) is 16.2. The van der Waals surface area contributed by atoms with Gasteiger partial charge in [0, 0.05) is 30.0 Å². The van der Waals surface area contributed by atoms with Crippen LogP contribution in [0.25, 0.3) is 0 Å². The summed E-state index contributed by atoms with van der Waals surface area (Å²) in [5.74, 6) is -0.128. The number of carbonyl (C=O) groups is 1. The van der Waals surface area contributed by atoms with Crippen LogP contribution < -0.4 is 10.0 Å². The normalized spacial score (nSPS) is 18.7. The molecule has 0 bridgehead atoms. The summed E-state index contributed by atoms with van der Waals surface area (Å²) in [7, 11) is -3.58. The quantitative estimate of drug-likeness (QED) is 0.674. The summed E-state index contributed by atoms with van der Waals surface area (Å²) in [5.41, 5.74) is 0. The second-order valence-corrected chi connectivity index (χ2v) is 8.51. The molecule has 1 saturated heterocycles. The molecule has 2 rings (SSSR count). The molecule has 6 nitrogen and oxygen atoms in total. The molecular formula is C16H24BrN3O3S. The van der Waals surface area contributed by atoms with Gasteiger partial charge in [-0.1, -0.05) is 22.9 Å². The maximum absolute atomic E-state index is 12.1. The molecule has 8 heteroatoms. The van der Waals surface area contributed by atoms with E-state index in [-0.39, 0.29) is 23.8 Å². The summed E-state index contributed by atoms with van der Waals surface area (Å²) in [6, 6.07) is 6.78. The number of nitrogens with one attached hydrogen (secondary N) is 2. The van der Waals surface area contributed by atoms with Crippen molar-refractivity contribution in [3.63, 3.8) is 0 Å². The van der Waals surface area contributed by atoms with E-state index in [0.29, 0.717) is 12.6 Å². The fourth-order valence-electron chi connectivity index (χ4n) is 2.86. The van der Waals surface area contributed by atoms with Crippen LogP contribution in [0.15, 0.2) is 33.6 Å². The van der Waals surface area contributed by atoms with E-state index in [4.69, 9.17) is 0 Å². The lowest BCUT2D eigenvalue weighted by molar-refractivity contribution is -0.121. The molecule has 24 heavy (non-hydrogen) atoms. The molecule has 1 aromatic rings. The summed E-state index contributed by atoms with van der Waals surface area (Å²) in [5, 5.41) is 2.90. The van der Waals surface area contributed by atoms with Crippen molar-refractivity contribution in [2.75, 3.05) is 26.2 Å². The fourth-order valence-corrected chi connectivity index (χ4v) is 4.15. The number of hydrogen-bond acceptors (Lipinski definition) is 4. The van der Waals surface area contributed by atoms with E-state index in [2.05, 4.69) is 37.8 Å². The zero-order chi connectivity index (χ0) is 17.6.